The summed E-state index contributed by atoms with van der Waals surface area (Å²) in [6, 6.07) is 10.2. The Labute approximate surface area is 179 Å². The Kier molecular flexibility index (Phi) is 5.62. The highest BCUT2D eigenvalue weighted by Crippen LogP contribution is 2.34. The van der Waals surface area contributed by atoms with Gasteiger partial charge in [0.1, 0.15) is 11.5 Å². The smallest absolute Gasteiger partial charge is 0.321 e. The van der Waals surface area contributed by atoms with Crippen LogP contribution in [0.25, 0.3) is 33.4 Å². The molecule has 0 spiro atoms. The largest absolute Gasteiger partial charge is 0.338 e. The van der Waals surface area contributed by atoms with Gasteiger partial charge in [-0.1, -0.05) is 19.9 Å². The molecule has 3 aromatic heterocycles. The van der Waals surface area contributed by atoms with E-state index in [1.165, 1.54) is 6.07 Å². The Morgan fingerprint density at radius 3 is 2.68 bits per heavy atom. The zero-order valence-electron chi connectivity index (χ0n) is 17.5. The zero-order chi connectivity index (χ0) is 22.0. The molecular formula is C23H23FN6O. The summed E-state index contributed by atoms with van der Waals surface area (Å²) in [5.41, 5.74) is 4.62. The molecule has 0 radical (unpaired) electrons. The van der Waals surface area contributed by atoms with Gasteiger partial charge < -0.3 is 10.3 Å². The van der Waals surface area contributed by atoms with Gasteiger partial charge in [0.15, 0.2) is 0 Å². The molecule has 1 aromatic carbocycles. The molecule has 4 aromatic rings. The molecule has 4 rings (SSSR count). The van der Waals surface area contributed by atoms with Crippen molar-refractivity contribution in [2.24, 2.45) is 0 Å². The first kappa shape index (κ1) is 20.5. The van der Waals surface area contributed by atoms with Crippen LogP contribution in [0.1, 0.15) is 32.4 Å². The Morgan fingerprint density at radius 1 is 1.16 bits per heavy atom. The number of urea groups is 1. The number of halogens is 1. The van der Waals surface area contributed by atoms with Crippen molar-refractivity contribution in [3.05, 3.63) is 60.3 Å². The van der Waals surface area contributed by atoms with E-state index in [2.05, 4.69) is 44.4 Å². The highest BCUT2D eigenvalue weighted by atomic mass is 19.1. The number of aromatic amines is 1. The zero-order valence-corrected chi connectivity index (χ0v) is 17.5. The molecule has 3 N–H and O–H groups in total. The molecule has 0 aliphatic heterocycles. The molecule has 3 heterocycles. The molecule has 0 atom stereocenters. The van der Waals surface area contributed by atoms with Crippen LogP contribution in [0.4, 0.5) is 15.1 Å². The van der Waals surface area contributed by atoms with Gasteiger partial charge in [-0.25, -0.2) is 14.2 Å². The van der Waals surface area contributed by atoms with Crippen LogP contribution < -0.4 is 10.6 Å². The second kappa shape index (κ2) is 8.51. The van der Waals surface area contributed by atoms with E-state index in [9.17, 15) is 9.18 Å². The van der Waals surface area contributed by atoms with Crippen molar-refractivity contribution < 1.29 is 9.18 Å². The molecule has 0 unspecified atom stereocenters. The predicted molar refractivity (Wildman–Crippen MR) is 119 cm³/mol. The number of fused-ring (bicyclic) bond motifs is 1. The number of carbonyl (C=O) groups excluding carboxylic acids is 1. The van der Waals surface area contributed by atoms with Crippen molar-refractivity contribution in [1.29, 1.82) is 0 Å². The fourth-order valence-corrected chi connectivity index (χ4v) is 3.34. The summed E-state index contributed by atoms with van der Waals surface area (Å²) in [5, 5.41) is 5.32. The van der Waals surface area contributed by atoms with Crippen molar-refractivity contribution in [2.75, 3.05) is 11.9 Å². The molecular weight excluding hydrogens is 395 g/mol. The van der Waals surface area contributed by atoms with E-state index >= 15 is 0 Å². The lowest BCUT2D eigenvalue weighted by molar-refractivity contribution is 0.252. The molecule has 31 heavy (non-hydrogen) atoms. The number of aromatic nitrogens is 4. The van der Waals surface area contributed by atoms with Gasteiger partial charge in [-0.15, -0.1) is 0 Å². The van der Waals surface area contributed by atoms with Crippen LogP contribution in [-0.4, -0.2) is 32.5 Å². The first-order valence-corrected chi connectivity index (χ1v) is 10.1. The summed E-state index contributed by atoms with van der Waals surface area (Å²) in [5.74, 6) is 0.148. The van der Waals surface area contributed by atoms with Crippen molar-refractivity contribution in [2.45, 2.75) is 26.7 Å². The number of hydrogen-bond donors (Lipinski definition) is 3. The third kappa shape index (κ3) is 4.23. The monoisotopic (exact) mass is 418 g/mol. The highest BCUT2D eigenvalue weighted by molar-refractivity contribution is 5.98. The van der Waals surface area contributed by atoms with Crippen LogP contribution in [0, 0.1) is 5.82 Å². The van der Waals surface area contributed by atoms with Gasteiger partial charge in [-0.2, -0.15) is 0 Å². The van der Waals surface area contributed by atoms with E-state index in [0.717, 1.165) is 16.8 Å². The molecule has 0 bridgehead atoms. The summed E-state index contributed by atoms with van der Waals surface area (Å²) in [4.78, 5) is 28.2. The number of nitrogens with one attached hydrogen (secondary N) is 3. The average molecular weight is 418 g/mol. The van der Waals surface area contributed by atoms with Crippen LogP contribution in [0.2, 0.25) is 0 Å². The van der Waals surface area contributed by atoms with Crippen LogP contribution in [0.5, 0.6) is 0 Å². The van der Waals surface area contributed by atoms with Crippen LogP contribution in [-0.2, 0) is 0 Å². The number of anilines is 1. The van der Waals surface area contributed by atoms with Gasteiger partial charge in [-0.05, 0) is 48.7 Å². The summed E-state index contributed by atoms with van der Waals surface area (Å²) in [6.45, 7) is 6.48. The first-order chi connectivity index (χ1) is 15.0. The van der Waals surface area contributed by atoms with Gasteiger partial charge in [0, 0.05) is 35.8 Å². The standard InChI is InChI=1S/C23H23FN6O/c1-4-25-23(31)30-22-28-19-11-15(14-7-8-18(13(2)3)27-12-14)10-16(21(19)29-22)20-17(24)6-5-9-26-20/h5-13H,4H2,1-3H3,(H3,25,28,29,30,31). The minimum absolute atomic E-state index is 0.203. The highest BCUT2D eigenvalue weighted by Gasteiger charge is 2.17. The maximum Gasteiger partial charge on any atom is 0.321 e. The maximum atomic E-state index is 14.6. The minimum atomic E-state index is -0.443. The van der Waals surface area contributed by atoms with E-state index in [4.69, 9.17) is 0 Å². The van der Waals surface area contributed by atoms with Gasteiger partial charge in [-0.3, -0.25) is 15.3 Å². The number of benzene rings is 1. The van der Waals surface area contributed by atoms with Crippen molar-refractivity contribution in [3.63, 3.8) is 0 Å². The number of hydrogen-bond acceptors (Lipinski definition) is 4. The van der Waals surface area contributed by atoms with Crippen LogP contribution in [0.3, 0.4) is 0 Å². The fraction of sp³-hybridized carbons (Fsp3) is 0.217. The number of rotatable bonds is 5. The molecule has 0 saturated carbocycles. The van der Waals surface area contributed by atoms with E-state index in [0.29, 0.717) is 29.1 Å². The number of H-pyrrole nitrogens is 1. The number of amides is 2. The van der Waals surface area contributed by atoms with Crippen LogP contribution in [0.15, 0.2) is 48.8 Å². The van der Waals surface area contributed by atoms with Crippen molar-refractivity contribution >= 4 is 23.0 Å². The first-order valence-electron chi connectivity index (χ1n) is 10.1. The number of imidazole rings is 1. The topological polar surface area (TPSA) is 95.6 Å². The molecule has 2 amide bonds. The van der Waals surface area contributed by atoms with Gasteiger partial charge in [0.2, 0.25) is 5.95 Å². The third-order valence-corrected chi connectivity index (χ3v) is 4.89. The van der Waals surface area contributed by atoms with E-state index in [1.54, 1.807) is 18.5 Å². The van der Waals surface area contributed by atoms with E-state index in [1.807, 2.05) is 31.2 Å². The number of pyridine rings is 2. The molecule has 8 heteroatoms. The lowest BCUT2D eigenvalue weighted by atomic mass is 10.00. The minimum Gasteiger partial charge on any atom is -0.338 e. The third-order valence-electron chi connectivity index (χ3n) is 4.89. The second-order valence-corrected chi connectivity index (χ2v) is 7.45. The van der Waals surface area contributed by atoms with Crippen LogP contribution >= 0.6 is 0 Å². The quantitative estimate of drug-likeness (QED) is 0.421. The summed E-state index contributed by atoms with van der Waals surface area (Å²) in [7, 11) is 0. The lowest BCUT2D eigenvalue weighted by Crippen LogP contribution is -2.28. The fourth-order valence-electron chi connectivity index (χ4n) is 3.34. The average Bonchev–Trinajstić information content (AvgIpc) is 3.16. The molecule has 0 aliphatic rings. The molecule has 158 valence electrons. The normalized spacial score (nSPS) is 11.1. The molecule has 0 aliphatic carbocycles. The summed E-state index contributed by atoms with van der Waals surface area (Å²) < 4.78 is 14.6. The van der Waals surface area contributed by atoms with Gasteiger partial charge in [0.25, 0.3) is 0 Å². The summed E-state index contributed by atoms with van der Waals surface area (Å²) >= 11 is 0. The van der Waals surface area contributed by atoms with Crippen molar-refractivity contribution in [3.8, 4) is 22.4 Å². The Hall–Kier alpha value is -3.81. The molecule has 0 fully saturated rings. The maximum absolute atomic E-state index is 14.6. The lowest BCUT2D eigenvalue weighted by Gasteiger charge is -2.09. The predicted octanol–water partition coefficient (Wildman–Crippen LogP) is 5.09. The number of nitrogens with zero attached hydrogens (tertiary/aromatic N) is 3. The van der Waals surface area contributed by atoms with Gasteiger partial charge in [0.05, 0.1) is 11.0 Å². The Bertz CT molecular complexity index is 1230. The Morgan fingerprint density at radius 2 is 2.00 bits per heavy atom. The van der Waals surface area contributed by atoms with Crippen molar-refractivity contribution in [1.82, 2.24) is 25.3 Å². The molecule has 0 saturated heterocycles. The number of carbonyl (C=O) groups is 1. The van der Waals surface area contributed by atoms with E-state index in [-0.39, 0.29) is 17.7 Å². The summed E-state index contributed by atoms with van der Waals surface area (Å²) in [6.07, 6.45) is 3.34. The Balaban J connectivity index is 1.86. The second-order valence-electron chi connectivity index (χ2n) is 7.45. The van der Waals surface area contributed by atoms with Gasteiger partial charge >= 0.3 is 6.03 Å². The molecule has 7 nitrogen and oxygen atoms in total. The SMILES string of the molecule is CCNC(=O)Nc1nc2cc(-c3ccc(C(C)C)nc3)cc(-c3ncccc3F)c2[nH]1. The van der Waals surface area contributed by atoms with E-state index < -0.39 is 5.82 Å².